The van der Waals surface area contributed by atoms with Crippen LogP contribution < -0.4 is 15.4 Å². The predicted octanol–water partition coefficient (Wildman–Crippen LogP) is 2.85. The van der Waals surface area contributed by atoms with Gasteiger partial charge in [-0.2, -0.15) is 11.8 Å². The molecule has 1 saturated carbocycles. The fourth-order valence-electron chi connectivity index (χ4n) is 3.42. The molecule has 6 nitrogen and oxygen atoms in total. The van der Waals surface area contributed by atoms with E-state index in [2.05, 4.69) is 28.5 Å². The minimum atomic E-state index is -3.36. The molecule has 2 unspecified atom stereocenters. The van der Waals surface area contributed by atoms with Gasteiger partial charge in [-0.25, -0.2) is 18.1 Å². The van der Waals surface area contributed by atoms with Gasteiger partial charge in [0.2, 0.25) is 10.0 Å². The molecule has 0 spiro atoms. The number of guanidine groups is 1. The largest absolute Gasteiger partial charge is 0.357 e. The van der Waals surface area contributed by atoms with Gasteiger partial charge >= 0.3 is 0 Å². The van der Waals surface area contributed by atoms with E-state index in [1.165, 1.54) is 6.42 Å². The minimum absolute atomic E-state index is 0.0289. The molecule has 0 aliphatic heterocycles. The summed E-state index contributed by atoms with van der Waals surface area (Å²) in [6.45, 7) is 6.94. The number of thioether (sulfide) groups is 1. The molecule has 0 bridgehead atoms. The minimum Gasteiger partial charge on any atom is -0.357 e. The molecular formula is C20H34N4O2S2. The number of sulfonamides is 1. The standard InChI is InChI=1S/C20H34N4O2S2/c1-5-21-20(23-18-10-11-19(12-18)27-4)22-13-16-8-6-7-9-17(16)14-28(25,26)24-15(2)3/h6-9,15,18-19,24H,5,10-14H2,1-4H3,(H2,21,22,23). The maximum atomic E-state index is 12.3. The number of nitrogens with zero attached hydrogens (tertiary/aromatic N) is 1. The van der Waals surface area contributed by atoms with Gasteiger partial charge in [0.25, 0.3) is 0 Å². The lowest BCUT2D eigenvalue weighted by atomic mass is 10.1. The van der Waals surface area contributed by atoms with Gasteiger partial charge < -0.3 is 10.6 Å². The van der Waals surface area contributed by atoms with Crippen LogP contribution in [0.3, 0.4) is 0 Å². The Morgan fingerprint density at radius 2 is 1.96 bits per heavy atom. The Bertz CT molecular complexity index is 750. The average molecular weight is 427 g/mol. The van der Waals surface area contributed by atoms with Crippen molar-refractivity contribution in [2.75, 3.05) is 12.8 Å². The van der Waals surface area contributed by atoms with E-state index < -0.39 is 10.0 Å². The fraction of sp³-hybridized carbons (Fsp3) is 0.650. The highest BCUT2D eigenvalue weighted by Crippen LogP contribution is 2.28. The van der Waals surface area contributed by atoms with Gasteiger partial charge in [0.15, 0.2) is 5.96 Å². The predicted molar refractivity (Wildman–Crippen MR) is 120 cm³/mol. The van der Waals surface area contributed by atoms with Crippen molar-refractivity contribution in [1.29, 1.82) is 0 Å². The van der Waals surface area contributed by atoms with Crippen LogP contribution in [0.5, 0.6) is 0 Å². The second-order valence-electron chi connectivity index (χ2n) is 7.51. The Morgan fingerprint density at radius 3 is 2.57 bits per heavy atom. The van der Waals surface area contributed by atoms with Crippen molar-refractivity contribution in [3.05, 3.63) is 35.4 Å². The molecule has 0 saturated heterocycles. The van der Waals surface area contributed by atoms with Crippen molar-refractivity contribution in [2.45, 2.75) is 69.7 Å². The van der Waals surface area contributed by atoms with Crippen LogP contribution in [0.1, 0.15) is 51.2 Å². The maximum Gasteiger partial charge on any atom is 0.216 e. The zero-order chi connectivity index (χ0) is 20.6. The summed E-state index contributed by atoms with van der Waals surface area (Å²) >= 11 is 1.93. The molecular weight excluding hydrogens is 392 g/mol. The van der Waals surface area contributed by atoms with Gasteiger partial charge in [-0.05, 0) is 57.4 Å². The van der Waals surface area contributed by atoms with E-state index in [1.54, 1.807) is 0 Å². The molecule has 3 N–H and O–H groups in total. The number of hydrogen-bond acceptors (Lipinski definition) is 4. The summed E-state index contributed by atoms with van der Waals surface area (Å²) in [7, 11) is -3.36. The van der Waals surface area contributed by atoms with Crippen LogP contribution in [-0.2, 0) is 22.3 Å². The summed E-state index contributed by atoms with van der Waals surface area (Å²) in [6.07, 6.45) is 5.72. The number of rotatable bonds is 9. The third-order valence-corrected chi connectivity index (χ3v) is 7.31. The lowest BCUT2D eigenvalue weighted by molar-refractivity contribution is 0.569. The van der Waals surface area contributed by atoms with Crippen LogP contribution in [-0.4, -0.2) is 44.5 Å². The van der Waals surface area contributed by atoms with Gasteiger partial charge in [0, 0.05) is 23.9 Å². The number of nitrogens with one attached hydrogen (secondary N) is 3. The highest BCUT2D eigenvalue weighted by atomic mass is 32.2. The third kappa shape index (κ3) is 7.64. The molecule has 28 heavy (non-hydrogen) atoms. The molecule has 1 fully saturated rings. The molecule has 1 aromatic carbocycles. The van der Waals surface area contributed by atoms with Crippen molar-refractivity contribution in [1.82, 2.24) is 15.4 Å². The first-order valence-electron chi connectivity index (χ1n) is 9.97. The van der Waals surface area contributed by atoms with Crippen molar-refractivity contribution in [3.8, 4) is 0 Å². The van der Waals surface area contributed by atoms with E-state index in [4.69, 9.17) is 4.99 Å². The topological polar surface area (TPSA) is 82.6 Å². The first kappa shape index (κ1) is 23.0. The quantitative estimate of drug-likeness (QED) is 0.418. The van der Waals surface area contributed by atoms with Gasteiger partial charge in [-0.15, -0.1) is 0 Å². The van der Waals surface area contributed by atoms with Crippen molar-refractivity contribution < 1.29 is 8.42 Å². The number of benzene rings is 1. The number of hydrogen-bond donors (Lipinski definition) is 3. The molecule has 1 aliphatic carbocycles. The molecule has 158 valence electrons. The maximum absolute atomic E-state index is 12.3. The van der Waals surface area contributed by atoms with Crippen LogP contribution >= 0.6 is 11.8 Å². The van der Waals surface area contributed by atoms with Crippen molar-refractivity contribution >= 4 is 27.7 Å². The Kier molecular flexibility index (Phi) is 9.11. The molecule has 2 atom stereocenters. The van der Waals surface area contributed by atoms with E-state index in [1.807, 2.05) is 49.9 Å². The summed E-state index contributed by atoms with van der Waals surface area (Å²) in [5.74, 6) is 0.769. The molecule has 1 aliphatic rings. The first-order valence-corrected chi connectivity index (χ1v) is 12.9. The molecule has 0 heterocycles. The zero-order valence-corrected chi connectivity index (χ0v) is 19.0. The highest BCUT2D eigenvalue weighted by molar-refractivity contribution is 7.99. The summed E-state index contributed by atoms with van der Waals surface area (Å²) in [4.78, 5) is 4.72. The second-order valence-corrected chi connectivity index (χ2v) is 10.4. The van der Waals surface area contributed by atoms with Crippen LogP contribution in [0.25, 0.3) is 0 Å². The first-order chi connectivity index (χ1) is 13.3. The zero-order valence-electron chi connectivity index (χ0n) is 17.4. The van der Waals surface area contributed by atoms with Gasteiger partial charge in [-0.3, -0.25) is 0 Å². The smallest absolute Gasteiger partial charge is 0.216 e. The van der Waals surface area contributed by atoms with E-state index in [0.717, 1.165) is 41.7 Å². The summed E-state index contributed by atoms with van der Waals surface area (Å²) in [5, 5.41) is 7.57. The van der Waals surface area contributed by atoms with Crippen molar-refractivity contribution in [3.63, 3.8) is 0 Å². The van der Waals surface area contributed by atoms with Crippen LogP contribution in [0, 0.1) is 0 Å². The van der Waals surface area contributed by atoms with Crippen LogP contribution in [0.15, 0.2) is 29.3 Å². The van der Waals surface area contributed by atoms with Gasteiger partial charge in [0.1, 0.15) is 0 Å². The molecule has 1 aromatic rings. The van der Waals surface area contributed by atoms with Crippen LogP contribution in [0.2, 0.25) is 0 Å². The summed E-state index contributed by atoms with van der Waals surface area (Å²) in [5.41, 5.74) is 1.72. The van der Waals surface area contributed by atoms with E-state index in [0.29, 0.717) is 12.6 Å². The SMILES string of the molecule is CCNC(=NCc1ccccc1CS(=O)(=O)NC(C)C)NC1CCC(SC)C1. The third-order valence-electron chi connectivity index (χ3n) is 4.69. The molecule has 0 aromatic heterocycles. The molecule has 0 amide bonds. The number of aliphatic imine (C=N–C) groups is 1. The summed E-state index contributed by atoms with van der Waals surface area (Å²) in [6, 6.07) is 7.95. The van der Waals surface area contributed by atoms with E-state index >= 15 is 0 Å². The molecule has 0 radical (unpaired) electrons. The summed E-state index contributed by atoms with van der Waals surface area (Å²) < 4.78 is 27.3. The second kappa shape index (κ2) is 11.1. The molecule has 8 heteroatoms. The van der Waals surface area contributed by atoms with Gasteiger partial charge in [0.05, 0.1) is 12.3 Å². The molecule has 2 rings (SSSR count). The average Bonchev–Trinajstić information content (AvgIpc) is 3.07. The highest BCUT2D eigenvalue weighted by Gasteiger charge is 2.24. The van der Waals surface area contributed by atoms with Crippen LogP contribution in [0.4, 0.5) is 0 Å². The fourth-order valence-corrected chi connectivity index (χ4v) is 5.71. The Morgan fingerprint density at radius 1 is 1.25 bits per heavy atom. The van der Waals surface area contributed by atoms with Gasteiger partial charge in [-0.1, -0.05) is 24.3 Å². The Hall–Kier alpha value is -1.25. The lowest BCUT2D eigenvalue weighted by Gasteiger charge is -2.17. The normalized spacial score (nSPS) is 20.5. The Balaban J connectivity index is 2.08. The lowest BCUT2D eigenvalue weighted by Crippen LogP contribution is -2.42. The van der Waals surface area contributed by atoms with E-state index in [9.17, 15) is 8.42 Å². The Labute approximate surface area is 174 Å². The van der Waals surface area contributed by atoms with E-state index in [-0.39, 0.29) is 11.8 Å². The monoisotopic (exact) mass is 426 g/mol. The van der Waals surface area contributed by atoms with Crippen molar-refractivity contribution in [2.24, 2.45) is 4.99 Å².